The molecule has 0 heterocycles. The average molecular weight is 144 g/mol. The molecule has 1 aliphatic rings. The maximum absolute atomic E-state index is 9.26. The van der Waals surface area contributed by atoms with Crippen LogP contribution in [0.25, 0.3) is 0 Å². The third-order valence-electron chi connectivity index (χ3n) is 2.12. The summed E-state index contributed by atoms with van der Waals surface area (Å²) in [4.78, 5) is 0. The van der Waals surface area contributed by atoms with Gasteiger partial charge in [0.1, 0.15) is 0 Å². The molecule has 60 valence electrons. The lowest BCUT2D eigenvalue weighted by molar-refractivity contribution is -0.0144. The second kappa shape index (κ2) is 2.51. The van der Waals surface area contributed by atoms with Crippen LogP contribution >= 0.6 is 0 Å². The van der Waals surface area contributed by atoms with Gasteiger partial charge in [-0.1, -0.05) is 13.8 Å². The molecule has 0 aromatic rings. The molecule has 0 amide bonds. The zero-order valence-corrected chi connectivity index (χ0v) is 6.67. The molecule has 0 spiro atoms. The Bertz CT molecular complexity index is 108. The van der Waals surface area contributed by atoms with Crippen molar-refractivity contribution >= 4 is 0 Å². The molecule has 2 atom stereocenters. The molecule has 2 heteroatoms. The van der Waals surface area contributed by atoms with Crippen molar-refractivity contribution in [3.05, 3.63) is 0 Å². The predicted octanol–water partition coefficient (Wildman–Crippen LogP) is 0.918. The van der Waals surface area contributed by atoms with Crippen molar-refractivity contribution in [1.82, 2.24) is 0 Å². The SMILES string of the molecule is CC1(C)C[C@H](O)C[C@@H](O)C1. The second-order valence-electron chi connectivity index (χ2n) is 4.12. The molecule has 10 heavy (non-hydrogen) atoms. The zero-order valence-electron chi connectivity index (χ0n) is 6.67. The number of hydrogen-bond donors (Lipinski definition) is 2. The van der Waals surface area contributed by atoms with Crippen LogP contribution in [-0.2, 0) is 0 Å². The Morgan fingerprint density at radius 2 is 1.50 bits per heavy atom. The Kier molecular flexibility index (Phi) is 2.02. The van der Waals surface area contributed by atoms with E-state index in [-0.39, 0.29) is 17.6 Å². The molecule has 0 bridgehead atoms. The van der Waals surface area contributed by atoms with Gasteiger partial charge in [0.05, 0.1) is 12.2 Å². The van der Waals surface area contributed by atoms with Gasteiger partial charge < -0.3 is 10.2 Å². The van der Waals surface area contributed by atoms with Gasteiger partial charge in [0.25, 0.3) is 0 Å². The molecular weight excluding hydrogens is 128 g/mol. The van der Waals surface area contributed by atoms with Crippen LogP contribution in [0.1, 0.15) is 33.1 Å². The summed E-state index contributed by atoms with van der Waals surface area (Å²) in [7, 11) is 0. The van der Waals surface area contributed by atoms with E-state index in [2.05, 4.69) is 13.8 Å². The molecule has 0 aliphatic heterocycles. The number of aliphatic hydroxyl groups is 2. The molecule has 0 aromatic heterocycles. The topological polar surface area (TPSA) is 40.5 Å². The van der Waals surface area contributed by atoms with E-state index in [4.69, 9.17) is 0 Å². The molecule has 1 fully saturated rings. The van der Waals surface area contributed by atoms with Gasteiger partial charge in [0.15, 0.2) is 0 Å². The molecular formula is C8H16O2. The van der Waals surface area contributed by atoms with Gasteiger partial charge in [-0.05, 0) is 24.7 Å². The predicted molar refractivity (Wildman–Crippen MR) is 39.6 cm³/mol. The van der Waals surface area contributed by atoms with Crippen molar-refractivity contribution in [1.29, 1.82) is 0 Å². The summed E-state index contributed by atoms with van der Waals surface area (Å²) in [6.45, 7) is 4.16. The van der Waals surface area contributed by atoms with Gasteiger partial charge in [0, 0.05) is 0 Å². The highest BCUT2D eigenvalue weighted by atomic mass is 16.3. The summed E-state index contributed by atoms with van der Waals surface area (Å²) in [5.74, 6) is 0. The van der Waals surface area contributed by atoms with Crippen LogP contribution < -0.4 is 0 Å². The first-order valence-electron chi connectivity index (χ1n) is 3.86. The van der Waals surface area contributed by atoms with E-state index in [1.54, 1.807) is 0 Å². The van der Waals surface area contributed by atoms with E-state index in [1.807, 2.05) is 0 Å². The molecule has 1 aliphatic carbocycles. The van der Waals surface area contributed by atoms with E-state index in [0.717, 1.165) is 12.8 Å². The van der Waals surface area contributed by atoms with Crippen molar-refractivity contribution in [2.75, 3.05) is 0 Å². The lowest BCUT2D eigenvalue weighted by atomic mass is 9.75. The van der Waals surface area contributed by atoms with Crippen molar-refractivity contribution in [3.8, 4) is 0 Å². The van der Waals surface area contributed by atoms with Crippen LogP contribution in [0.2, 0.25) is 0 Å². The normalized spacial score (nSPS) is 39.6. The lowest BCUT2D eigenvalue weighted by Crippen LogP contribution is -2.34. The number of rotatable bonds is 0. The molecule has 2 N–H and O–H groups in total. The van der Waals surface area contributed by atoms with E-state index >= 15 is 0 Å². The van der Waals surface area contributed by atoms with Gasteiger partial charge in [-0.2, -0.15) is 0 Å². The van der Waals surface area contributed by atoms with E-state index in [9.17, 15) is 10.2 Å². The Balaban J connectivity index is 2.51. The Morgan fingerprint density at radius 3 is 1.80 bits per heavy atom. The third kappa shape index (κ3) is 1.96. The van der Waals surface area contributed by atoms with Gasteiger partial charge in [0.2, 0.25) is 0 Å². The van der Waals surface area contributed by atoms with Crippen LogP contribution in [0.5, 0.6) is 0 Å². The summed E-state index contributed by atoms with van der Waals surface area (Å²) in [6, 6.07) is 0. The fourth-order valence-electron chi connectivity index (χ4n) is 1.84. The summed E-state index contributed by atoms with van der Waals surface area (Å²) >= 11 is 0. The average Bonchev–Trinajstić information content (AvgIpc) is 1.54. The fraction of sp³-hybridized carbons (Fsp3) is 1.00. The summed E-state index contributed by atoms with van der Waals surface area (Å²) in [5.41, 5.74) is 0.122. The first-order valence-corrected chi connectivity index (χ1v) is 3.86. The number of aliphatic hydroxyl groups excluding tert-OH is 2. The van der Waals surface area contributed by atoms with Gasteiger partial charge in [-0.25, -0.2) is 0 Å². The Labute approximate surface area is 61.9 Å². The molecule has 2 nitrogen and oxygen atoms in total. The van der Waals surface area contributed by atoms with E-state index < -0.39 is 0 Å². The molecule has 0 aromatic carbocycles. The Morgan fingerprint density at radius 1 is 1.10 bits per heavy atom. The van der Waals surface area contributed by atoms with Crippen molar-refractivity contribution < 1.29 is 10.2 Å². The minimum Gasteiger partial charge on any atom is -0.393 e. The first-order chi connectivity index (χ1) is 4.49. The van der Waals surface area contributed by atoms with Crippen molar-refractivity contribution in [3.63, 3.8) is 0 Å². The minimum atomic E-state index is -0.293. The maximum atomic E-state index is 9.26. The maximum Gasteiger partial charge on any atom is 0.0570 e. The molecule has 1 rings (SSSR count). The van der Waals surface area contributed by atoms with Crippen LogP contribution in [0, 0.1) is 5.41 Å². The molecule has 1 saturated carbocycles. The zero-order chi connectivity index (χ0) is 7.78. The standard InChI is InChI=1S/C8H16O2/c1-8(2)4-6(9)3-7(10)5-8/h6-7,9-10H,3-5H2,1-2H3/t6-,7-/m1/s1. The third-order valence-corrected chi connectivity index (χ3v) is 2.12. The molecule has 0 radical (unpaired) electrons. The first kappa shape index (κ1) is 8.02. The van der Waals surface area contributed by atoms with Gasteiger partial charge >= 0.3 is 0 Å². The molecule has 0 saturated heterocycles. The lowest BCUT2D eigenvalue weighted by Gasteiger charge is -2.35. The van der Waals surface area contributed by atoms with E-state index in [1.165, 1.54) is 0 Å². The molecule has 0 unspecified atom stereocenters. The largest absolute Gasteiger partial charge is 0.393 e. The van der Waals surface area contributed by atoms with Gasteiger partial charge in [-0.15, -0.1) is 0 Å². The van der Waals surface area contributed by atoms with Crippen LogP contribution in [-0.4, -0.2) is 22.4 Å². The van der Waals surface area contributed by atoms with Crippen LogP contribution in [0.4, 0.5) is 0 Å². The highest BCUT2D eigenvalue weighted by Crippen LogP contribution is 2.35. The highest BCUT2D eigenvalue weighted by molar-refractivity contribution is 4.83. The summed E-state index contributed by atoms with van der Waals surface area (Å²) in [6.07, 6.45) is 1.62. The smallest absolute Gasteiger partial charge is 0.0570 e. The van der Waals surface area contributed by atoms with E-state index in [0.29, 0.717) is 6.42 Å². The quantitative estimate of drug-likeness (QED) is 0.530. The minimum absolute atomic E-state index is 0.122. The van der Waals surface area contributed by atoms with Crippen LogP contribution in [0.15, 0.2) is 0 Å². The Hall–Kier alpha value is -0.0800. The van der Waals surface area contributed by atoms with Crippen molar-refractivity contribution in [2.45, 2.75) is 45.3 Å². The van der Waals surface area contributed by atoms with Crippen molar-refractivity contribution in [2.24, 2.45) is 5.41 Å². The summed E-state index contributed by atoms with van der Waals surface area (Å²) in [5, 5.41) is 18.5. The number of hydrogen-bond acceptors (Lipinski definition) is 2. The van der Waals surface area contributed by atoms with Gasteiger partial charge in [-0.3, -0.25) is 0 Å². The highest BCUT2D eigenvalue weighted by Gasteiger charge is 2.31. The van der Waals surface area contributed by atoms with Crippen LogP contribution in [0.3, 0.4) is 0 Å². The fourth-order valence-corrected chi connectivity index (χ4v) is 1.84. The second-order valence-corrected chi connectivity index (χ2v) is 4.12. The monoisotopic (exact) mass is 144 g/mol. The summed E-state index contributed by atoms with van der Waals surface area (Å²) < 4.78 is 0.